The standard InChI is InChI=1S/C48H92O6/c1-42(2)34-28-22-16-11-8-7-9-13-19-25-31-37-46(49)52-40-45(54-48(51)39-33-27-21-15-18-24-30-36-44(5)6)41-53-47(50)38-32-26-20-14-10-12-17-23-29-35-43(3)4/h42-45H,7-41H2,1-6H3/t45-/m1/s1. The second-order valence-corrected chi connectivity index (χ2v) is 17.8. The van der Waals surface area contributed by atoms with Gasteiger partial charge < -0.3 is 14.2 Å². The highest BCUT2D eigenvalue weighted by molar-refractivity contribution is 5.71. The molecule has 0 unspecified atom stereocenters. The molecule has 0 aliphatic heterocycles. The third-order valence-corrected chi connectivity index (χ3v) is 10.6. The van der Waals surface area contributed by atoms with Crippen LogP contribution in [0.2, 0.25) is 0 Å². The van der Waals surface area contributed by atoms with E-state index in [1.165, 1.54) is 135 Å². The van der Waals surface area contributed by atoms with E-state index >= 15 is 0 Å². The monoisotopic (exact) mass is 765 g/mol. The van der Waals surface area contributed by atoms with Crippen LogP contribution in [0.4, 0.5) is 0 Å². The van der Waals surface area contributed by atoms with Gasteiger partial charge in [-0.15, -0.1) is 0 Å². The number of ether oxygens (including phenoxy) is 3. The van der Waals surface area contributed by atoms with Gasteiger partial charge in [0.2, 0.25) is 0 Å². The quantitative estimate of drug-likeness (QED) is 0.0350. The number of unbranched alkanes of at least 4 members (excludes halogenated alkanes) is 24. The van der Waals surface area contributed by atoms with Crippen LogP contribution in [0, 0.1) is 17.8 Å². The van der Waals surface area contributed by atoms with Crippen LogP contribution in [0.1, 0.15) is 253 Å². The van der Waals surface area contributed by atoms with E-state index in [-0.39, 0.29) is 31.1 Å². The normalized spacial score (nSPS) is 12.2. The molecular weight excluding hydrogens is 673 g/mol. The molecule has 0 rings (SSSR count). The SMILES string of the molecule is CC(C)CCCCCCCCCCCCCC(=O)OC[C@H](COC(=O)CCCCCCCCCCCC(C)C)OC(=O)CCCCCCCCCC(C)C. The van der Waals surface area contributed by atoms with Crippen molar-refractivity contribution in [2.75, 3.05) is 13.2 Å². The maximum atomic E-state index is 12.7. The van der Waals surface area contributed by atoms with Gasteiger partial charge in [0, 0.05) is 19.3 Å². The van der Waals surface area contributed by atoms with Gasteiger partial charge in [0.25, 0.3) is 0 Å². The zero-order valence-electron chi connectivity index (χ0n) is 37.0. The first-order valence-electron chi connectivity index (χ1n) is 23.6. The first-order valence-corrected chi connectivity index (χ1v) is 23.6. The van der Waals surface area contributed by atoms with Crippen LogP contribution in [-0.2, 0) is 28.6 Å². The van der Waals surface area contributed by atoms with Gasteiger partial charge in [-0.2, -0.15) is 0 Å². The van der Waals surface area contributed by atoms with E-state index < -0.39 is 6.10 Å². The van der Waals surface area contributed by atoms with Crippen molar-refractivity contribution in [2.45, 2.75) is 260 Å². The first kappa shape index (κ1) is 52.4. The zero-order valence-corrected chi connectivity index (χ0v) is 37.0. The van der Waals surface area contributed by atoms with Gasteiger partial charge in [-0.3, -0.25) is 14.4 Å². The summed E-state index contributed by atoms with van der Waals surface area (Å²) in [6, 6.07) is 0. The van der Waals surface area contributed by atoms with Gasteiger partial charge in [-0.05, 0) is 37.0 Å². The molecule has 0 radical (unpaired) electrons. The van der Waals surface area contributed by atoms with Crippen molar-refractivity contribution in [3.05, 3.63) is 0 Å². The second-order valence-electron chi connectivity index (χ2n) is 17.8. The van der Waals surface area contributed by atoms with E-state index in [9.17, 15) is 14.4 Å². The van der Waals surface area contributed by atoms with Crippen molar-refractivity contribution in [3.63, 3.8) is 0 Å². The number of hydrogen-bond donors (Lipinski definition) is 0. The number of esters is 3. The van der Waals surface area contributed by atoms with E-state index in [0.29, 0.717) is 19.3 Å². The van der Waals surface area contributed by atoms with E-state index in [1.54, 1.807) is 0 Å². The minimum absolute atomic E-state index is 0.0663. The van der Waals surface area contributed by atoms with Crippen molar-refractivity contribution < 1.29 is 28.6 Å². The molecule has 0 aromatic carbocycles. The lowest BCUT2D eigenvalue weighted by atomic mass is 10.0. The fourth-order valence-corrected chi connectivity index (χ4v) is 7.06. The van der Waals surface area contributed by atoms with E-state index in [4.69, 9.17) is 14.2 Å². The molecular formula is C48H92O6. The third kappa shape index (κ3) is 41.6. The molecule has 54 heavy (non-hydrogen) atoms. The molecule has 0 saturated heterocycles. The molecule has 0 spiro atoms. The second kappa shape index (κ2) is 39.6. The van der Waals surface area contributed by atoms with Gasteiger partial charge in [0.1, 0.15) is 13.2 Å². The lowest BCUT2D eigenvalue weighted by molar-refractivity contribution is -0.167. The third-order valence-electron chi connectivity index (χ3n) is 10.6. The summed E-state index contributed by atoms with van der Waals surface area (Å²) in [6.07, 6.45) is 36.7. The molecule has 320 valence electrons. The molecule has 0 bridgehead atoms. The number of hydrogen-bond acceptors (Lipinski definition) is 6. The number of carbonyl (C=O) groups excluding carboxylic acids is 3. The van der Waals surface area contributed by atoms with Gasteiger partial charge in [0.05, 0.1) is 0 Å². The summed E-state index contributed by atoms with van der Waals surface area (Å²) < 4.78 is 16.7. The Morgan fingerprint density at radius 3 is 0.796 bits per heavy atom. The van der Waals surface area contributed by atoms with E-state index in [0.717, 1.165) is 75.5 Å². The van der Waals surface area contributed by atoms with E-state index in [2.05, 4.69) is 41.5 Å². The summed E-state index contributed by atoms with van der Waals surface area (Å²) in [4.78, 5) is 37.7. The smallest absolute Gasteiger partial charge is 0.306 e. The molecule has 0 saturated carbocycles. The predicted octanol–water partition coefficient (Wildman–Crippen LogP) is 14.8. The average Bonchev–Trinajstić information content (AvgIpc) is 3.12. The number of rotatable bonds is 41. The van der Waals surface area contributed by atoms with Crippen LogP contribution < -0.4 is 0 Å². The summed E-state index contributed by atoms with van der Waals surface area (Å²) in [6.45, 7) is 13.6. The van der Waals surface area contributed by atoms with Gasteiger partial charge >= 0.3 is 17.9 Å². The highest BCUT2D eigenvalue weighted by Crippen LogP contribution is 2.17. The average molecular weight is 765 g/mol. The minimum Gasteiger partial charge on any atom is -0.462 e. The summed E-state index contributed by atoms with van der Waals surface area (Å²) in [5.41, 5.74) is 0. The van der Waals surface area contributed by atoms with Crippen molar-refractivity contribution in [1.29, 1.82) is 0 Å². The van der Waals surface area contributed by atoms with Crippen LogP contribution >= 0.6 is 0 Å². The molecule has 0 amide bonds. The Kier molecular flexibility index (Phi) is 38.5. The zero-order chi connectivity index (χ0) is 39.9. The van der Waals surface area contributed by atoms with Gasteiger partial charge in [0.15, 0.2) is 6.10 Å². The molecule has 6 heteroatoms. The molecule has 0 aliphatic carbocycles. The molecule has 0 heterocycles. The largest absolute Gasteiger partial charge is 0.462 e. The lowest BCUT2D eigenvalue weighted by Crippen LogP contribution is -2.30. The Morgan fingerprint density at radius 1 is 0.315 bits per heavy atom. The highest BCUT2D eigenvalue weighted by atomic mass is 16.6. The fourth-order valence-electron chi connectivity index (χ4n) is 7.06. The Hall–Kier alpha value is -1.59. The summed E-state index contributed by atoms with van der Waals surface area (Å²) in [7, 11) is 0. The molecule has 0 aliphatic rings. The molecule has 0 aromatic rings. The molecule has 0 aromatic heterocycles. The summed E-state index contributed by atoms with van der Waals surface area (Å²) in [5.74, 6) is 1.55. The minimum atomic E-state index is -0.762. The highest BCUT2D eigenvalue weighted by Gasteiger charge is 2.19. The summed E-state index contributed by atoms with van der Waals surface area (Å²) in [5, 5.41) is 0. The summed E-state index contributed by atoms with van der Waals surface area (Å²) >= 11 is 0. The van der Waals surface area contributed by atoms with Crippen LogP contribution in [0.25, 0.3) is 0 Å². The Labute approximate surface area is 336 Å². The maximum absolute atomic E-state index is 12.7. The Morgan fingerprint density at radius 2 is 0.537 bits per heavy atom. The topological polar surface area (TPSA) is 78.9 Å². The Balaban J connectivity index is 4.32. The van der Waals surface area contributed by atoms with Crippen LogP contribution in [0.5, 0.6) is 0 Å². The molecule has 0 N–H and O–H groups in total. The Bertz CT molecular complexity index is 837. The van der Waals surface area contributed by atoms with Crippen LogP contribution in [0.15, 0.2) is 0 Å². The maximum Gasteiger partial charge on any atom is 0.306 e. The van der Waals surface area contributed by atoms with Crippen LogP contribution in [0.3, 0.4) is 0 Å². The van der Waals surface area contributed by atoms with Gasteiger partial charge in [-0.25, -0.2) is 0 Å². The van der Waals surface area contributed by atoms with Gasteiger partial charge in [-0.1, -0.05) is 215 Å². The predicted molar refractivity (Wildman–Crippen MR) is 229 cm³/mol. The molecule has 1 atom stereocenters. The fraction of sp³-hybridized carbons (Fsp3) is 0.938. The molecule has 0 fully saturated rings. The van der Waals surface area contributed by atoms with Crippen LogP contribution in [-0.4, -0.2) is 37.2 Å². The molecule has 6 nitrogen and oxygen atoms in total. The van der Waals surface area contributed by atoms with Crippen molar-refractivity contribution in [2.24, 2.45) is 17.8 Å². The van der Waals surface area contributed by atoms with Crippen molar-refractivity contribution in [3.8, 4) is 0 Å². The lowest BCUT2D eigenvalue weighted by Gasteiger charge is -2.18. The first-order chi connectivity index (χ1) is 26.1. The number of carbonyl (C=O) groups is 3. The van der Waals surface area contributed by atoms with Crippen molar-refractivity contribution >= 4 is 17.9 Å². The van der Waals surface area contributed by atoms with E-state index in [1.807, 2.05) is 0 Å². The van der Waals surface area contributed by atoms with Crippen molar-refractivity contribution in [1.82, 2.24) is 0 Å².